The molecule has 0 saturated heterocycles. The van der Waals surface area contributed by atoms with Gasteiger partial charge >= 0.3 is 0 Å². The Kier molecular flexibility index (Phi) is 4.18. The topological polar surface area (TPSA) is 89.7 Å². The fraction of sp³-hybridized carbons (Fsp3) is 0.158. The lowest BCUT2D eigenvalue weighted by atomic mass is 10.1. The summed E-state index contributed by atoms with van der Waals surface area (Å²) in [5.74, 6) is 3.40. The van der Waals surface area contributed by atoms with Crippen molar-refractivity contribution >= 4 is 0 Å². The van der Waals surface area contributed by atoms with E-state index in [4.69, 9.17) is 9.26 Å². The van der Waals surface area contributed by atoms with Gasteiger partial charge < -0.3 is 9.26 Å². The number of nitrogens with one attached hydrogen (secondary N) is 1. The van der Waals surface area contributed by atoms with Gasteiger partial charge in [0.2, 0.25) is 0 Å². The van der Waals surface area contributed by atoms with E-state index in [1.54, 1.807) is 7.11 Å². The molecule has 0 aliphatic heterocycles. The lowest BCUT2D eigenvalue weighted by Gasteiger charge is -2.00. The van der Waals surface area contributed by atoms with Crippen LogP contribution in [0.5, 0.6) is 5.75 Å². The van der Waals surface area contributed by atoms with Crippen LogP contribution in [0.2, 0.25) is 0 Å². The first-order chi connectivity index (χ1) is 12.7. The average Bonchev–Trinajstić information content (AvgIpc) is 3.32. The van der Waals surface area contributed by atoms with Crippen molar-refractivity contribution in [2.45, 2.75) is 13.3 Å². The predicted molar refractivity (Wildman–Crippen MR) is 95.6 cm³/mol. The molecule has 0 aliphatic rings. The number of ether oxygens (including phenoxy) is 1. The SMILES string of the molecule is COc1ccc(Cc2noc(-c3ccc(-c4n[nH]c(C)n4)cc3)n2)cc1. The molecule has 0 radical (unpaired) electrons. The largest absolute Gasteiger partial charge is 0.497 e. The molecule has 2 aromatic carbocycles. The Balaban J connectivity index is 1.50. The van der Waals surface area contributed by atoms with Crippen LogP contribution < -0.4 is 4.74 Å². The molecule has 0 aliphatic carbocycles. The number of aromatic nitrogens is 5. The number of benzene rings is 2. The highest BCUT2D eigenvalue weighted by Gasteiger charge is 2.11. The van der Waals surface area contributed by atoms with Gasteiger partial charge in [-0.15, -0.1) is 0 Å². The van der Waals surface area contributed by atoms with Crippen molar-refractivity contribution in [3.63, 3.8) is 0 Å². The van der Waals surface area contributed by atoms with Crippen LogP contribution in [0.3, 0.4) is 0 Å². The second-order valence-corrected chi connectivity index (χ2v) is 5.86. The maximum absolute atomic E-state index is 5.39. The molecule has 0 unspecified atom stereocenters. The highest BCUT2D eigenvalue weighted by molar-refractivity contribution is 5.62. The molecule has 7 heteroatoms. The summed E-state index contributed by atoms with van der Waals surface area (Å²) in [5, 5.41) is 11.1. The maximum Gasteiger partial charge on any atom is 0.257 e. The van der Waals surface area contributed by atoms with Crippen molar-refractivity contribution in [3.05, 3.63) is 65.7 Å². The van der Waals surface area contributed by atoms with Crippen molar-refractivity contribution in [2.75, 3.05) is 7.11 Å². The Hall–Kier alpha value is -3.48. The minimum atomic E-state index is 0.492. The molecular formula is C19H17N5O2. The van der Waals surface area contributed by atoms with E-state index < -0.39 is 0 Å². The quantitative estimate of drug-likeness (QED) is 0.595. The van der Waals surface area contributed by atoms with Gasteiger partial charge in [-0.2, -0.15) is 10.1 Å². The van der Waals surface area contributed by atoms with Gasteiger partial charge in [0.25, 0.3) is 5.89 Å². The monoisotopic (exact) mass is 347 g/mol. The summed E-state index contributed by atoms with van der Waals surface area (Å²) in [4.78, 5) is 8.80. The lowest BCUT2D eigenvalue weighted by Crippen LogP contribution is -1.91. The van der Waals surface area contributed by atoms with Crippen LogP contribution in [-0.2, 0) is 6.42 Å². The van der Waals surface area contributed by atoms with Crippen LogP contribution in [0, 0.1) is 6.92 Å². The summed E-state index contributed by atoms with van der Waals surface area (Å²) in [6.07, 6.45) is 0.599. The zero-order chi connectivity index (χ0) is 17.9. The minimum Gasteiger partial charge on any atom is -0.497 e. The number of hydrogen-bond acceptors (Lipinski definition) is 6. The first kappa shape index (κ1) is 16.0. The molecule has 0 bridgehead atoms. The Morgan fingerprint density at radius 2 is 1.69 bits per heavy atom. The molecule has 0 spiro atoms. The van der Waals surface area contributed by atoms with Crippen LogP contribution in [-0.4, -0.2) is 32.4 Å². The lowest BCUT2D eigenvalue weighted by molar-refractivity contribution is 0.414. The number of H-pyrrole nitrogens is 1. The van der Waals surface area contributed by atoms with Crippen LogP contribution in [0.4, 0.5) is 0 Å². The van der Waals surface area contributed by atoms with Crippen molar-refractivity contribution in [3.8, 4) is 28.6 Å². The number of methoxy groups -OCH3 is 1. The van der Waals surface area contributed by atoms with Crippen molar-refractivity contribution < 1.29 is 9.26 Å². The number of aromatic amines is 1. The summed E-state index contributed by atoms with van der Waals surface area (Å²) < 4.78 is 10.6. The van der Waals surface area contributed by atoms with E-state index in [1.807, 2.05) is 55.5 Å². The molecule has 7 nitrogen and oxygen atoms in total. The standard InChI is InChI=1S/C19H17N5O2/c1-12-20-18(23-22-12)14-5-7-15(8-6-14)19-21-17(24-26-19)11-13-3-9-16(25-2)10-4-13/h3-10H,11H2,1-2H3,(H,20,22,23). The van der Waals surface area contributed by atoms with Crippen LogP contribution in [0.15, 0.2) is 53.1 Å². The molecule has 0 fully saturated rings. The van der Waals surface area contributed by atoms with E-state index in [9.17, 15) is 0 Å². The highest BCUT2D eigenvalue weighted by Crippen LogP contribution is 2.22. The van der Waals surface area contributed by atoms with E-state index >= 15 is 0 Å². The van der Waals surface area contributed by atoms with Gasteiger partial charge in [-0.3, -0.25) is 5.10 Å². The molecule has 2 aromatic heterocycles. The smallest absolute Gasteiger partial charge is 0.257 e. The zero-order valence-corrected chi connectivity index (χ0v) is 14.4. The Morgan fingerprint density at radius 3 is 2.35 bits per heavy atom. The van der Waals surface area contributed by atoms with Crippen molar-refractivity contribution in [2.24, 2.45) is 0 Å². The highest BCUT2D eigenvalue weighted by atomic mass is 16.5. The van der Waals surface area contributed by atoms with E-state index in [0.29, 0.717) is 24.0 Å². The molecule has 2 heterocycles. The number of hydrogen-bond donors (Lipinski definition) is 1. The van der Waals surface area contributed by atoms with Crippen LogP contribution in [0.25, 0.3) is 22.8 Å². The molecule has 26 heavy (non-hydrogen) atoms. The maximum atomic E-state index is 5.39. The third kappa shape index (κ3) is 3.32. The summed E-state index contributed by atoms with van der Waals surface area (Å²) in [7, 11) is 1.65. The van der Waals surface area contributed by atoms with Crippen LogP contribution >= 0.6 is 0 Å². The van der Waals surface area contributed by atoms with E-state index in [1.165, 1.54) is 0 Å². The number of aryl methyl sites for hydroxylation is 1. The number of nitrogens with zero attached hydrogens (tertiary/aromatic N) is 4. The van der Waals surface area contributed by atoms with Gasteiger partial charge in [0.1, 0.15) is 11.6 Å². The number of rotatable bonds is 5. The summed E-state index contributed by atoms with van der Waals surface area (Å²) in [5.41, 5.74) is 2.87. The Labute approximate surface area is 150 Å². The van der Waals surface area contributed by atoms with Gasteiger partial charge in [0, 0.05) is 17.5 Å². The van der Waals surface area contributed by atoms with Gasteiger partial charge in [0.05, 0.1) is 7.11 Å². The zero-order valence-electron chi connectivity index (χ0n) is 14.4. The second kappa shape index (κ2) is 6.79. The van der Waals surface area contributed by atoms with Crippen molar-refractivity contribution in [1.82, 2.24) is 25.3 Å². The van der Waals surface area contributed by atoms with E-state index in [0.717, 1.165) is 28.3 Å². The van der Waals surface area contributed by atoms with E-state index in [2.05, 4.69) is 25.3 Å². The molecule has 130 valence electrons. The Bertz CT molecular complexity index is 1000. The van der Waals surface area contributed by atoms with Crippen LogP contribution in [0.1, 0.15) is 17.2 Å². The minimum absolute atomic E-state index is 0.492. The Morgan fingerprint density at radius 1 is 0.962 bits per heavy atom. The van der Waals surface area contributed by atoms with Gasteiger partial charge in [-0.05, 0) is 36.8 Å². The molecule has 0 saturated carbocycles. The average molecular weight is 347 g/mol. The normalized spacial score (nSPS) is 10.8. The molecule has 0 atom stereocenters. The molecule has 4 rings (SSSR count). The summed E-state index contributed by atoms with van der Waals surface area (Å²) in [6, 6.07) is 15.5. The third-order valence-corrected chi connectivity index (χ3v) is 3.98. The van der Waals surface area contributed by atoms with E-state index in [-0.39, 0.29) is 0 Å². The summed E-state index contributed by atoms with van der Waals surface area (Å²) >= 11 is 0. The van der Waals surface area contributed by atoms with Gasteiger partial charge in [-0.1, -0.05) is 29.4 Å². The van der Waals surface area contributed by atoms with Gasteiger partial charge in [0.15, 0.2) is 11.6 Å². The first-order valence-corrected chi connectivity index (χ1v) is 8.16. The third-order valence-electron chi connectivity index (χ3n) is 3.98. The second-order valence-electron chi connectivity index (χ2n) is 5.86. The fourth-order valence-corrected chi connectivity index (χ4v) is 2.60. The van der Waals surface area contributed by atoms with Crippen molar-refractivity contribution in [1.29, 1.82) is 0 Å². The molecular weight excluding hydrogens is 330 g/mol. The summed E-state index contributed by atoms with van der Waals surface area (Å²) in [6.45, 7) is 1.87. The predicted octanol–water partition coefficient (Wildman–Crippen LogP) is 3.43. The molecule has 1 N–H and O–H groups in total. The first-order valence-electron chi connectivity index (χ1n) is 8.16. The fourth-order valence-electron chi connectivity index (χ4n) is 2.60. The molecule has 4 aromatic rings. The molecule has 0 amide bonds. The van der Waals surface area contributed by atoms with Gasteiger partial charge in [-0.25, -0.2) is 4.98 Å².